The first-order chi connectivity index (χ1) is 36.4. The van der Waals surface area contributed by atoms with Crippen molar-refractivity contribution in [3.05, 3.63) is 182 Å². The molecule has 77 heavy (non-hydrogen) atoms. The monoisotopic (exact) mass is 1120 g/mol. The summed E-state index contributed by atoms with van der Waals surface area (Å²) < 4.78 is 296. The highest BCUT2D eigenvalue weighted by atomic mass is 19.2. The van der Waals surface area contributed by atoms with E-state index >= 15 is 35.1 Å². The molecular formula is C53H42BF20NO2. The fourth-order valence-corrected chi connectivity index (χ4v) is 9.04. The van der Waals surface area contributed by atoms with Crippen molar-refractivity contribution in [3.63, 3.8) is 0 Å². The van der Waals surface area contributed by atoms with E-state index in [9.17, 15) is 62.3 Å². The molecule has 0 aliphatic carbocycles. The van der Waals surface area contributed by atoms with E-state index in [1.165, 1.54) is 70.6 Å². The molecule has 5 aromatic carbocycles. The maximum Gasteiger partial charge on any atom is 0.249 e. The number of benzene rings is 5. The third kappa shape index (κ3) is 12.4. The number of carbonyl (C=O) groups is 2. The van der Waals surface area contributed by atoms with Crippen LogP contribution in [0.15, 0.2) is 54.7 Å². The summed E-state index contributed by atoms with van der Waals surface area (Å²) in [6.45, 7) is 2.47. The fourth-order valence-electron chi connectivity index (χ4n) is 9.04. The molecule has 0 unspecified atom stereocenters. The van der Waals surface area contributed by atoms with Crippen molar-refractivity contribution in [1.29, 1.82) is 0 Å². The molecule has 0 bridgehead atoms. The third-order valence-electron chi connectivity index (χ3n) is 12.9. The first-order valence-electron chi connectivity index (χ1n) is 23.8. The van der Waals surface area contributed by atoms with E-state index < -0.39 is 144 Å². The van der Waals surface area contributed by atoms with Gasteiger partial charge >= 0.3 is 0 Å². The van der Waals surface area contributed by atoms with Gasteiger partial charge in [0.2, 0.25) is 23.8 Å². The number of nitrogens with zero attached hydrogens (tertiary/aromatic N) is 1. The lowest BCUT2D eigenvalue weighted by molar-refractivity contribution is -0.685. The number of ketones is 2. The van der Waals surface area contributed by atoms with Gasteiger partial charge in [0.25, 0.3) is 0 Å². The second-order valence-electron chi connectivity index (χ2n) is 17.7. The van der Waals surface area contributed by atoms with Crippen LogP contribution in [-0.2, 0) is 6.54 Å². The standard InChI is InChI=1S/C29H42NO2.C24BF20/c1-2-3-4-5-6-7-8-9-10-11-12-13-17-23-28(31)27-22-18-19-24-30(27)25-29(32)26-20-15-14-16-21-26;26-5-1(6(27)14(35)21(42)13(5)34)25(2-7(28)15(36)22(43)16(37)8(2)29,3-9(30)17(38)23(44)18(39)10(3)31)4-11(32)19(40)24(45)20(41)12(4)33/h14-16,18-22,24H,2-13,17,23,25H2,1H3;/q+1;-1. The maximum absolute atomic E-state index is 15.4. The van der Waals surface area contributed by atoms with Crippen molar-refractivity contribution in [2.45, 2.75) is 103 Å². The SMILES string of the molecule is CCCCCCCCCCCCCCCC(=O)c1cccc[n+]1CC(=O)c1ccccc1.Fc1c(F)c(F)c([B-](c2c(F)c(F)c(F)c(F)c2F)(c2c(F)c(F)c(F)c(F)c2F)c2c(F)c(F)c(F)c(F)c2F)c(F)c1F. The number of unbranched alkanes of at least 4 members (excludes halogenated alkanes) is 12. The van der Waals surface area contributed by atoms with Gasteiger partial charge in [-0.25, -0.2) is 87.8 Å². The highest BCUT2D eigenvalue weighted by Crippen LogP contribution is 2.31. The average molecular weight is 1120 g/mol. The van der Waals surface area contributed by atoms with Gasteiger partial charge in [0.1, 0.15) is 52.7 Å². The molecule has 0 saturated carbocycles. The predicted octanol–water partition coefficient (Wildman–Crippen LogP) is 13.4. The van der Waals surface area contributed by atoms with Crippen LogP contribution in [0.1, 0.15) is 118 Å². The normalized spacial score (nSPS) is 11.5. The molecule has 3 nitrogen and oxygen atoms in total. The Hall–Kier alpha value is -6.75. The minimum Gasteiger partial charge on any atom is -0.287 e. The number of Topliss-reactive ketones (excluding diaryl/α,β-unsaturated/α-hetero) is 2. The van der Waals surface area contributed by atoms with Crippen molar-refractivity contribution in [2.24, 2.45) is 0 Å². The van der Waals surface area contributed by atoms with E-state index in [0.717, 1.165) is 12.8 Å². The average Bonchev–Trinajstić information content (AvgIpc) is 3.59. The van der Waals surface area contributed by atoms with E-state index in [4.69, 9.17) is 0 Å². The second kappa shape index (κ2) is 26.5. The van der Waals surface area contributed by atoms with Gasteiger partial charge in [-0.2, -0.15) is 4.57 Å². The lowest BCUT2D eigenvalue weighted by Gasteiger charge is -2.44. The summed E-state index contributed by atoms with van der Waals surface area (Å²) in [4.78, 5) is 25.3. The summed E-state index contributed by atoms with van der Waals surface area (Å²) in [6.07, 6.45) is 12.1. The summed E-state index contributed by atoms with van der Waals surface area (Å²) in [6, 6.07) is 14.9. The highest BCUT2D eigenvalue weighted by Gasteiger charge is 2.52. The zero-order valence-corrected chi connectivity index (χ0v) is 40.2. The molecule has 414 valence electrons. The molecule has 0 N–H and O–H groups in total. The number of pyridine rings is 1. The van der Waals surface area contributed by atoms with Gasteiger partial charge in [-0.15, -0.1) is 21.9 Å². The quantitative estimate of drug-likeness (QED) is 0.0129. The van der Waals surface area contributed by atoms with Crippen molar-refractivity contribution in [2.75, 3.05) is 0 Å². The number of hydrogen-bond acceptors (Lipinski definition) is 2. The predicted molar refractivity (Wildman–Crippen MR) is 241 cm³/mol. The Bertz CT molecular complexity index is 2760. The van der Waals surface area contributed by atoms with Crippen LogP contribution in [0.3, 0.4) is 0 Å². The van der Waals surface area contributed by atoms with E-state index in [1.807, 2.05) is 54.7 Å². The van der Waals surface area contributed by atoms with Crippen molar-refractivity contribution < 1.29 is 102 Å². The first-order valence-corrected chi connectivity index (χ1v) is 23.8. The summed E-state index contributed by atoms with van der Waals surface area (Å²) in [5.41, 5.74) is -13.0. The maximum atomic E-state index is 15.4. The Kier molecular flexibility index (Phi) is 21.1. The zero-order valence-electron chi connectivity index (χ0n) is 40.2. The molecule has 0 fully saturated rings. The molecule has 0 saturated heterocycles. The Labute approximate surface area is 426 Å². The highest BCUT2D eigenvalue weighted by molar-refractivity contribution is 7.20. The largest absolute Gasteiger partial charge is 0.287 e. The van der Waals surface area contributed by atoms with Crippen LogP contribution in [0.5, 0.6) is 0 Å². The lowest BCUT2D eigenvalue weighted by atomic mass is 9.12. The van der Waals surface area contributed by atoms with Crippen molar-refractivity contribution >= 4 is 39.6 Å². The van der Waals surface area contributed by atoms with Gasteiger partial charge in [-0.05, 0) is 12.5 Å². The van der Waals surface area contributed by atoms with E-state index in [0.29, 0.717) is 17.7 Å². The molecule has 0 aliphatic heterocycles. The summed E-state index contributed by atoms with van der Waals surface area (Å²) in [5, 5.41) is 0. The minimum absolute atomic E-state index is 0.0248. The Morgan fingerprint density at radius 3 is 0.922 bits per heavy atom. The fraction of sp³-hybridized carbons (Fsp3) is 0.302. The molecule has 1 aromatic heterocycles. The van der Waals surface area contributed by atoms with Crippen LogP contribution in [-0.4, -0.2) is 17.7 Å². The third-order valence-corrected chi connectivity index (χ3v) is 12.9. The molecule has 0 amide bonds. The van der Waals surface area contributed by atoms with Gasteiger partial charge < -0.3 is 0 Å². The molecule has 0 spiro atoms. The smallest absolute Gasteiger partial charge is 0.249 e. The molecule has 6 aromatic rings. The molecule has 0 radical (unpaired) electrons. The molecule has 1 heterocycles. The number of carbonyl (C=O) groups excluding carboxylic acids is 2. The second-order valence-corrected chi connectivity index (χ2v) is 17.7. The van der Waals surface area contributed by atoms with E-state index in [1.54, 1.807) is 4.57 Å². The zero-order chi connectivity index (χ0) is 57.2. The van der Waals surface area contributed by atoms with Gasteiger partial charge in [-0.1, -0.05) is 114 Å². The van der Waals surface area contributed by atoms with Crippen LogP contribution in [0.2, 0.25) is 0 Å². The number of hydrogen-bond donors (Lipinski definition) is 0. The lowest BCUT2D eigenvalue weighted by Crippen LogP contribution is -2.81. The van der Waals surface area contributed by atoms with Crippen LogP contribution in [0.4, 0.5) is 87.8 Å². The summed E-state index contributed by atoms with van der Waals surface area (Å²) >= 11 is 0. The molecular weight excluding hydrogens is 1070 g/mol. The van der Waals surface area contributed by atoms with Gasteiger partial charge in [0.05, 0.1) is 0 Å². The van der Waals surface area contributed by atoms with Crippen molar-refractivity contribution in [1.82, 2.24) is 0 Å². The Morgan fingerprint density at radius 2 is 0.610 bits per heavy atom. The first kappa shape index (κ1) is 61.1. The minimum atomic E-state index is -7.22. The van der Waals surface area contributed by atoms with Gasteiger partial charge in [0, 0.05) is 24.1 Å². The number of aromatic nitrogens is 1. The molecule has 0 aliphatic rings. The van der Waals surface area contributed by atoms with Crippen LogP contribution >= 0.6 is 0 Å². The van der Waals surface area contributed by atoms with Crippen LogP contribution in [0, 0.1) is 116 Å². The molecule has 6 rings (SSSR count). The summed E-state index contributed by atoms with van der Waals surface area (Å²) in [7, 11) is 0. The Morgan fingerprint density at radius 1 is 0.338 bits per heavy atom. The van der Waals surface area contributed by atoms with E-state index in [-0.39, 0.29) is 18.1 Å². The number of rotatable bonds is 22. The number of halogens is 20. The van der Waals surface area contributed by atoms with Gasteiger partial charge in [-0.3, -0.25) is 9.59 Å². The topological polar surface area (TPSA) is 38.0 Å². The Balaban J connectivity index is 0.000000301. The van der Waals surface area contributed by atoms with E-state index in [2.05, 4.69) is 6.92 Å². The van der Waals surface area contributed by atoms with Crippen LogP contribution < -0.4 is 26.4 Å². The van der Waals surface area contributed by atoms with Crippen LogP contribution in [0.25, 0.3) is 0 Å². The summed E-state index contributed by atoms with van der Waals surface area (Å²) in [5.74, 6) is -71.2. The van der Waals surface area contributed by atoms with Crippen molar-refractivity contribution in [3.8, 4) is 0 Å². The van der Waals surface area contributed by atoms with Gasteiger partial charge in [0.15, 0.2) is 76.0 Å². The molecule has 24 heteroatoms. The molecule has 0 atom stereocenters.